The Morgan fingerprint density at radius 2 is 1.73 bits per heavy atom. The number of aliphatic imine (C=N–C) groups is 1. The molecule has 3 fully saturated rings. The average molecular weight is 612 g/mol. The lowest BCUT2D eigenvalue weighted by molar-refractivity contribution is -0.134. The van der Waals surface area contributed by atoms with Crippen LogP contribution in [0.15, 0.2) is 52.5 Å². The van der Waals surface area contributed by atoms with Gasteiger partial charge in [-0.3, -0.25) is 9.69 Å². The van der Waals surface area contributed by atoms with Crippen molar-refractivity contribution in [3.63, 3.8) is 0 Å². The number of likely N-dealkylation sites (tertiary alicyclic amines) is 2. The van der Waals surface area contributed by atoms with Crippen LogP contribution in [0.5, 0.6) is 5.75 Å². The number of phenols is 1. The van der Waals surface area contributed by atoms with Gasteiger partial charge in [-0.05, 0) is 114 Å². The average Bonchev–Trinajstić information content (AvgIpc) is 3.73. The summed E-state index contributed by atoms with van der Waals surface area (Å²) >= 11 is 0. The third-order valence-corrected chi connectivity index (χ3v) is 10.7. The van der Waals surface area contributed by atoms with Gasteiger partial charge in [0.2, 0.25) is 11.8 Å². The fourth-order valence-corrected chi connectivity index (χ4v) is 7.68. The van der Waals surface area contributed by atoms with E-state index in [1.807, 2.05) is 30.0 Å². The van der Waals surface area contributed by atoms with Gasteiger partial charge >= 0.3 is 0 Å². The quantitative estimate of drug-likeness (QED) is 0.369. The molecule has 4 aliphatic rings. The van der Waals surface area contributed by atoms with Crippen LogP contribution in [0.4, 0.5) is 0 Å². The minimum Gasteiger partial charge on any atom is -0.507 e. The number of carbonyl (C=O) groups excluding carboxylic acids is 1. The number of amides is 1. The van der Waals surface area contributed by atoms with Crippen LogP contribution in [0.3, 0.4) is 0 Å². The van der Waals surface area contributed by atoms with Crippen molar-refractivity contribution in [3.8, 4) is 17.0 Å². The molecule has 6 rings (SSSR count). The fraction of sp³-hybridized carbons (Fsp3) is 0.568. The highest BCUT2D eigenvalue weighted by Crippen LogP contribution is 2.37. The van der Waals surface area contributed by atoms with Crippen LogP contribution in [0.1, 0.15) is 77.5 Å². The van der Waals surface area contributed by atoms with Crippen molar-refractivity contribution in [1.82, 2.24) is 20.0 Å². The topological polar surface area (TPSA) is 91.2 Å². The van der Waals surface area contributed by atoms with E-state index in [-0.39, 0.29) is 29.6 Å². The van der Waals surface area contributed by atoms with Gasteiger partial charge in [0.05, 0.1) is 23.9 Å². The number of phenolic OH excluding ortho intramolecular Hbond substituents is 1. The van der Waals surface area contributed by atoms with Crippen molar-refractivity contribution in [1.29, 1.82) is 0 Å². The molecule has 2 aromatic rings. The van der Waals surface area contributed by atoms with Crippen LogP contribution in [0.2, 0.25) is 0 Å². The summed E-state index contributed by atoms with van der Waals surface area (Å²) in [7, 11) is 0. The van der Waals surface area contributed by atoms with Gasteiger partial charge in [-0.1, -0.05) is 31.6 Å². The first-order valence-corrected chi connectivity index (χ1v) is 17.0. The summed E-state index contributed by atoms with van der Waals surface area (Å²) < 4.78 is 6.49. The van der Waals surface area contributed by atoms with Crippen molar-refractivity contribution < 1.29 is 14.6 Å². The maximum Gasteiger partial charge on any atom is 0.230 e. The number of hydrogen-bond donors (Lipinski definition) is 1. The molecule has 1 N–H and O–H groups in total. The van der Waals surface area contributed by atoms with Crippen LogP contribution in [-0.4, -0.2) is 81.8 Å². The minimum absolute atomic E-state index is 0.104. The lowest BCUT2D eigenvalue weighted by Gasteiger charge is -2.46. The van der Waals surface area contributed by atoms with E-state index in [9.17, 15) is 9.90 Å². The summed E-state index contributed by atoms with van der Waals surface area (Å²) in [6.45, 7) is 15.2. The summed E-state index contributed by atoms with van der Waals surface area (Å²) in [4.78, 5) is 22.7. The molecule has 8 heteroatoms. The molecule has 1 aromatic heterocycles. The highest BCUT2D eigenvalue weighted by Gasteiger charge is 2.40. The van der Waals surface area contributed by atoms with Crippen molar-refractivity contribution in [2.45, 2.75) is 85.3 Å². The fourth-order valence-electron chi connectivity index (χ4n) is 7.68. The zero-order valence-electron chi connectivity index (χ0n) is 27.6. The summed E-state index contributed by atoms with van der Waals surface area (Å²) in [6.07, 6.45) is 8.91. The molecule has 2 saturated heterocycles. The van der Waals surface area contributed by atoms with E-state index < -0.39 is 0 Å². The van der Waals surface area contributed by atoms with Gasteiger partial charge in [-0.25, -0.2) is 4.99 Å². The monoisotopic (exact) mass is 611 g/mol. The van der Waals surface area contributed by atoms with E-state index in [1.165, 1.54) is 11.1 Å². The number of allylic oxidation sites excluding steroid dienone is 2. The van der Waals surface area contributed by atoms with E-state index >= 15 is 0 Å². The van der Waals surface area contributed by atoms with Crippen LogP contribution in [0, 0.1) is 24.7 Å². The van der Waals surface area contributed by atoms with Gasteiger partial charge in [0, 0.05) is 36.3 Å². The molecule has 1 saturated carbocycles. The van der Waals surface area contributed by atoms with E-state index in [2.05, 4.69) is 54.9 Å². The summed E-state index contributed by atoms with van der Waals surface area (Å²) in [6, 6.07) is 9.79. The Kier molecular flexibility index (Phi) is 9.41. The lowest BCUT2D eigenvalue weighted by Crippen LogP contribution is -2.54. The number of ether oxygens (including phenoxy) is 1. The molecule has 2 unspecified atom stereocenters. The lowest BCUT2D eigenvalue weighted by atomic mass is 9.82. The molecule has 1 aliphatic carbocycles. The van der Waals surface area contributed by atoms with Gasteiger partial charge in [-0.15, -0.1) is 0 Å². The van der Waals surface area contributed by atoms with Gasteiger partial charge in [0.25, 0.3) is 0 Å². The zero-order chi connectivity index (χ0) is 31.7. The normalized spacial score (nSPS) is 23.8. The van der Waals surface area contributed by atoms with E-state index in [4.69, 9.17) is 9.73 Å². The number of carbonyl (C=O) groups is 1. The Morgan fingerprint density at radius 3 is 2.40 bits per heavy atom. The molecule has 4 heterocycles. The van der Waals surface area contributed by atoms with Gasteiger partial charge < -0.3 is 14.7 Å². The molecule has 240 valence electrons. The Labute approximate surface area is 268 Å². The highest BCUT2D eigenvalue weighted by molar-refractivity contribution is 5.93. The summed E-state index contributed by atoms with van der Waals surface area (Å²) in [5.41, 5.74) is 7.18. The number of aromatic hydroxyl groups is 1. The van der Waals surface area contributed by atoms with Crippen molar-refractivity contribution in [2.24, 2.45) is 22.7 Å². The van der Waals surface area contributed by atoms with Gasteiger partial charge in [-0.2, -0.15) is 10.2 Å². The Bertz CT molecular complexity index is 1500. The first-order chi connectivity index (χ1) is 21.7. The molecular weight excluding hydrogens is 562 g/mol. The number of hydrogen-bond acceptors (Lipinski definition) is 7. The number of aryl methyl sites for hydroxylation is 1. The molecule has 3 aliphatic heterocycles. The maximum absolute atomic E-state index is 13.3. The van der Waals surface area contributed by atoms with Gasteiger partial charge in [0.15, 0.2) is 0 Å². The first kappa shape index (κ1) is 31.5. The summed E-state index contributed by atoms with van der Waals surface area (Å²) in [5, 5.41) is 19.2. The first-order valence-electron chi connectivity index (χ1n) is 17.0. The molecule has 45 heavy (non-hydrogen) atoms. The van der Waals surface area contributed by atoms with E-state index in [1.54, 1.807) is 6.07 Å². The molecule has 1 aromatic carbocycles. The number of benzene rings is 1. The molecule has 0 radical (unpaired) electrons. The zero-order valence-corrected chi connectivity index (χ0v) is 27.6. The third-order valence-electron chi connectivity index (χ3n) is 10.7. The predicted molar refractivity (Wildman–Crippen MR) is 179 cm³/mol. The second-order valence-corrected chi connectivity index (χ2v) is 13.8. The van der Waals surface area contributed by atoms with E-state index in [0.29, 0.717) is 35.7 Å². The van der Waals surface area contributed by atoms with Crippen molar-refractivity contribution in [2.75, 3.05) is 32.7 Å². The standard InChI is InChI=1S/C37H49N5O3/c1-23(2)36(37(44)42-16-8-9-17-42)28-20-35(38-22-28)45-34-13-12-32(34)41-18-14-27(15-19-41)24(3)25(4)30-21-31(40-39-26(30)5)29-10-6-7-11-33(29)43/h6-7,10-11,20-21,23,27,32,34,36,43H,8-9,12-19,22H2,1-5H3/b25-24+/t32?,34?,36-/m1/s1. The van der Waals surface area contributed by atoms with E-state index in [0.717, 1.165) is 81.5 Å². The van der Waals surface area contributed by atoms with Crippen LogP contribution >= 0.6 is 0 Å². The minimum atomic E-state index is -0.104. The van der Waals surface area contributed by atoms with Crippen LogP contribution in [-0.2, 0) is 9.53 Å². The number of rotatable bonds is 8. The second kappa shape index (κ2) is 13.5. The highest BCUT2D eigenvalue weighted by atomic mass is 16.5. The molecule has 0 bridgehead atoms. The Balaban J connectivity index is 1.06. The second-order valence-electron chi connectivity index (χ2n) is 13.8. The number of para-hydroxylation sites is 1. The molecule has 1 amide bonds. The Hall–Kier alpha value is -3.52. The molecule has 8 nitrogen and oxygen atoms in total. The number of nitrogens with zero attached hydrogens (tertiary/aromatic N) is 5. The van der Waals surface area contributed by atoms with Crippen molar-refractivity contribution >= 4 is 17.4 Å². The van der Waals surface area contributed by atoms with Gasteiger partial charge in [0.1, 0.15) is 11.9 Å². The smallest absolute Gasteiger partial charge is 0.230 e. The predicted octanol–water partition coefficient (Wildman–Crippen LogP) is 6.44. The van der Waals surface area contributed by atoms with Crippen LogP contribution < -0.4 is 0 Å². The maximum atomic E-state index is 13.3. The number of aromatic nitrogens is 2. The summed E-state index contributed by atoms with van der Waals surface area (Å²) in [5.74, 6) is 1.86. The Morgan fingerprint density at radius 1 is 1.00 bits per heavy atom. The third kappa shape index (κ3) is 6.57. The molecule has 0 spiro atoms. The van der Waals surface area contributed by atoms with Crippen LogP contribution in [0.25, 0.3) is 16.8 Å². The molecular formula is C37H49N5O3. The SMILES string of the molecule is C/C(=C(/C)C1CCN(C2CCC2OC2=NCC([C@H](C(=O)N3CCCC3)C(C)C)=C2)CC1)c1cc(-c2ccccc2O)nnc1C. The van der Waals surface area contributed by atoms with Crippen molar-refractivity contribution in [3.05, 3.63) is 58.8 Å². The largest absolute Gasteiger partial charge is 0.507 e. The number of piperidine rings is 1. The molecule has 3 atom stereocenters.